The Labute approximate surface area is 180 Å². The predicted octanol–water partition coefficient (Wildman–Crippen LogP) is 0.239. The van der Waals surface area contributed by atoms with Crippen molar-refractivity contribution in [3.63, 3.8) is 0 Å². The minimum absolute atomic E-state index is 0.104. The molecule has 3 rings (SSSR count). The highest BCUT2D eigenvalue weighted by Gasteiger charge is 2.50. The van der Waals surface area contributed by atoms with Gasteiger partial charge in [0, 0.05) is 18.2 Å². The number of aromatic nitrogens is 2. The van der Waals surface area contributed by atoms with Gasteiger partial charge in [-0.05, 0) is 5.56 Å². The molecule has 1 aliphatic heterocycles. The van der Waals surface area contributed by atoms with E-state index in [0.29, 0.717) is 5.56 Å². The Morgan fingerprint density at radius 1 is 1.16 bits per heavy atom. The van der Waals surface area contributed by atoms with Crippen LogP contribution in [0.5, 0.6) is 0 Å². The fourth-order valence-corrected chi connectivity index (χ4v) is 4.07. The molecule has 0 amide bonds. The normalized spacial score (nSPS) is 24.0. The lowest BCUT2D eigenvalue weighted by Crippen LogP contribution is -2.35. The highest BCUT2D eigenvalue weighted by molar-refractivity contribution is 7.46. The number of rotatable bonds is 8. The Balaban J connectivity index is 1.93. The van der Waals surface area contributed by atoms with E-state index < -0.39 is 52.5 Å². The zero-order valence-electron chi connectivity index (χ0n) is 16.2. The van der Waals surface area contributed by atoms with E-state index in [9.17, 15) is 13.9 Å². The van der Waals surface area contributed by atoms with Gasteiger partial charge < -0.3 is 30.0 Å². The van der Waals surface area contributed by atoms with Gasteiger partial charge in [0.05, 0.1) is 6.61 Å². The molecule has 6 N–H and O–H groups in total. The van der Waals surface area contributed by atoms with E-state index in [2.05, 4.69) is 14.0 Å². The van der Waals surface area contributed by atoms with Gasteiger partial charge in [-0.2, -0.15) is 4.98 Å². The Bertz CT molecular complexity index is 1100. The predicted molar refractivity (Wildman–Crippen MR) is 106 cm³/mol. The third kappa shape index (κ3) is 6.29. The first-order valence-corrected chi connectivity index (χ1v) is 12.0. The number of benzene rings is 1. The highest BCUT2D eigenvalue weighted by atomic mass is 31.2. The third-order valence-corrected chi connectivity index (χ3v) is 5.51. The molecule has 1 fully saturated rings. The smallest absolute Gasteiger partial charge is 0.383 e. The number of phosphoric acid groups is 2. The van der Waals surface area contributed by atoms with Crippen molar-refractivity contribution in [3.8, 4) is 0 Å². The summed E-state index contributed by atoms with van der Waals surface area (Å²) in [6.07, 6.45) is -6.37. The van der Waals surface area contributed by atoms with Crippen molar-refractivity contribution in [2.24, 2.45) is 0 Å². The molecule has 0 spiro atoms. The van der Waals surface area contributed by atoms with Gasteiger partial charge in [-0.1, -0.05) is 30.3 Å². The Morgan fingerprint density at radius 3 is 2.41 bits per heavy atom. The maximum absolute atomic E-state index is 15.1. The number of nitrogen functional groups attached to an aromatic ring is 1. The van der Waals surface area contributed by atoms with Gasteiger partial charge in [0.2, 0.25) is 0 Å². The fourth-order valence-electron chi connectivity index (χ4n) is 3.16. The molecule has 0 radical (unpaired) electrons. The minimum atomic E-state index is -5.24. The number of phosphoric ester groups is 2. The highest BCUT2D eigenvalue weighted by Crippen LogP contribution is 2.46. The number of hydrogen-bond donors (Lipinski definition) is 5. The zero-order valence-corrected chi connectivity index (χ0v) is 18.0. The number of hydrogen-bond acceptors (Lipinski definition) is 8. The SMILES string of the molecule is Nc1nc(=O)n([C@@H]2O[C@H](COP(=O)(O)O)[C@@H](OP(=O)(O)O)[C@@H]2F)cc1Cc1ccccc1. The van der Waals surface area contributed by atoms with Crippen molar-refractivity contribution in [3.05, 3.63) is 58.1 Å². The Hall–Kier alpha value is -1.99. The lowest BCUT2D eigenvalue weighted by molar-refractivity contribution is -0.0479. The van der Waals surface area contributed by atoms with E-state index in [4.69, 9.17) is 30.0 Å². The van der Waals surface area contributed by atoms with Gasteiger partial charge in [0.25, 0.3) is 0 Å². The summed E-state index contributed by atoms with van der Waals surface area (Å²) < 4.78 is 52.0. The van der Waals surface area contributed by atoms with Crippen molar-refractivity contribution in [2.75, 3.05) is 12.3 Å². The summed E-state index contributed by atoms with van der Waals surface area (Å²) in [4.78, 5) is 51.9. The molecule has 1 saturated heterocycles. The van der Waals surface area contributed by atoms with Gasteiger partial charge in [-0.3, -0.25) is 13.6 Å². The van der Waals surface area contributed by atoms with Crippen molar-refractivity contribution in [1.29, 1.82) is 0 Å². The Morgan fingerprint density at radius 2 is 1.81 bits per heavy atom. The molecule has 0 bridgehead atoms. The van der Waals surface area contributed by atoms with Crippen molar-refractivity contribution in [1.82, 2.24) is 9.55 Å². The van der Waals surface area contributed by atoms with Crippen LogP contribution in [0.15, 0.2) is 41.3 Å². The van der Waals surface area contributed by atoms with Crippen LogP contribution >= 0.6 is 15.6 Å². The van der Waals surface area contributed by atoms with Gasteiger partial charge in [0.1, 0.15) is 18.0 Å². The standard InChI is InChI=1S/C16H20FN3O10P2/c17-12-13(30-32(25,26)27)11(8-28-31(22,23)24)29-15(12)20-7-10(14(18)19-16(20)21)6-9-4-2-1-3-5-9/h1-5,7,11-13,15H,6,8H2,(H2,18,19,21)(H2,22,23,24)(H2,25,26,27)/t11-,12+,13-,15-/m1/s1. The summed E-state index contributed by atoms with van der Waals surface area (Å²) in [5, 5.41) is 0. The number of halogens is 1. The molecule has 32 heavy (non-hydrogen) atoms. The van der Waals surface area contributed by atoms with Crippen LogP contribution in [0.2, 0.25) is 0 Å². The van der Waals surface area contributed by atoms with Crippen LogP contribution in [0.4, 0.5) is 10.2 Å². The molecule has 4 atom stereocenters. The second kappa shape index (κ2) is 9.48. The molecule has 16 heteroatoms. The molecule has 2 heterocycles. The molecule has 1 aromatic heterocycles. The first kappa shape index (κ1) is 24.6. The minimum Gasteiger partial charge on any atom is -0.383 e. The molecule has 176 valence electrons. The molecule has 13 nitrogen and oxygen atoms in total. The van der Waals surface area contributed by atoms with Crippen LogP contribution in [0.25, 0.3) is 0 Å². The second-order valence-electron chi connectivity index (χ2n) is 6.86. The molecule has 0 aliphatic carbocycles. The quantitative estimate of drug-likeness (QED) is 0.313. The number of alkyl halides is 1. The van der Waals surface area contributed by atoms with Gasteiger partial charge in [0.15, 0.2) is 12.4 Å². The average Bonchev–Trinajstić information content (AvgIpc) is 2.97. The summed E-state index contributed by atoms with van der Waals surface area (Å²) in [5.41, 5.74) is 5.95. The van der Waals surface area contributed by atoms with Crippen LogP contribution in [0.1, 0.15) is 17.4 Å². The van der Waals surface area contributed by atoms with Crippen molar-refractivity contribution < 1.29 is 46.9 Å². The summed E-state index contributed by atoms with van der Waals surface area (Å²) >= 11 is 0. The number of nitrogens with two attached hydrogens (primary N) is 1. The molecule has 1 aromatic carbocycles. The van der Waals surface area contributed by atoms with Crippen molar-refractivity contribution in [2.45, 2.75) is 31.0 Å². The summed E-state index contributed by atoms with van der Waals surface area (Å²) in [6, 6.07) is 8.94. The molecular weight excluding hydrogens is 475 g/mol. The maximum Gasteiger partial charge on any atom is 0.470 e. The topological polar surface area (TPSA) is 204 Å². The van der Waals surface area contributed by atoms with Crippen LogP contribution in [-0.2, 0) is 29.3 Å². The summed E-state index contributed by atoms with van der Waals surface area (Å²) in [6.45, 7) is -0.972. The molecule has 1 aliphatic rings. The lowest BCUT2D eigenvalue weighted by Gasteiger charge is -2.19. The molecular formula is C16H20FN3O10P2. The summed E-state index contributed by atoms with van der Waals surface area (Å²) in [7, 11) is -10.3. The fraction of sp³-hybridized carbons (Fsp3) is 0.375. The monoisotopic (exact) mass is 495 g/mol. The van der Waals surface area contributed by atoms with Crippen LogP contribution < -0.4 is 11.4 Å². The van der Waals surface area contributed by atoms with Crippen LogP contribution in [0.3, 0.4) is 0 Å². The number of nitrogens with zero attached hydrogens (tertiary/aromatic N) is 2. The average molecular weight is 495 g/mol. The maximum atomic E-state index is 15.1. The first-order chi connectivity index (χ1) is 14.8. The van der Waals surface area contributed by atoms with E-state index in [0.717, 1.165) is 10.1 Å². The lowest BCUT2D eigenvalue weighted by atomic mass is 10.1. The Kier molecular flexibility index (Phi) is 7.30. The van der Waals surface area contributed by atoms with E-state index in [1.807, 2.05) is 0 Å². The number of ether oxygens (including phenoxy) is 1. The second-order valence-corrected chi connectivity index (χ2v) is 9.29. The largest absolute Gasteiger partial charge is 0.470 e. The van der Waals surface area contributed by atoms with Crippen molar-refractivity contribution >= 4 is 21.5 Å². The van der Waals surface area contributed by atoms with E-state index in [-0.39, 0.29) is 12.2 Å². The molecule has 2 aromatic rings. The molecule has 0 saturated carbocycles. The van der Waals surface area contributed by atoms with Gasteiger partial charge in [-0.15, -0.1) is 0 Å². The van der Waals surface area contributed by atoms with Gasteiger partial charge >= 0.3 is 21.3 Å². The van der Waals surface area contributed by atoms with E-state index in [1.165, 1.54) is 6.20 Å². The third-order valence-electron chi connectivity index (χ3n) is 4.51. The van der Waals surface area contributed by atoms with E-state index in [1.54, 1.807) is 30.3 Å². The van der Waals surface area contributed by atoms with Crippen LogP contribution in [0, 0.1) is 0 Å². The zero-order chi connectivity index (χ0) is 23.7. The first-order valence-electron chi connectivity index (χ1n) is 8.99. The van der Waals surface area contributed by atoms with Gasteiger partial charge in [-0.25, -0.2) is 18.3 Å². The molecule has 0 unspecified atom stereocenters. The van der Waals surface area contributed by atoms with E-state index >= 15 is 4.39 Å². The summed E-state index contributed by atoms with van der Waals surface area (Å²) in [5.74, 6) is -0.104. The van der Waals surface area contributed by atoms with Crippen LogP contribution in [-0.4, -0.2) is 54.1 Å². The number of anilines is 1.